The summed E-state index contributed by atoms with van der Waals surface area (Å²) in [6, 6.07) is 9.55. The van der Waals surface area contributed by atoms with Gasteiger partial charge < -0.3 is 19.0 Å². The predicted molar refractivity (Wildman–Crippen MR) is 97.0 cm³/mol. The zero-order valence-corrected chi connectivity index (χ0v) is 14.8. The molecule has 0 saturated carbocycles. The van der Waals surface area contributed by atoms with Crippen LogP contribution in [0.3, 0.4) is 0 Å². The summed E-state index contributed by atoms with van der Waals surface area (Å²) >= 11 is 0. The van der Waals surface area contributed by atoms with Gasteiger partial charge in [0.05, 0.1) is 19.5 Å². The highest BCUT2D eigenvalue weighted by Gasteiger charge is 2.23. The molecule has 1 aromatic carbocycles. The highest BCUT2D eigenvalue weighted by atomic mass is 16.5. The summed E-state index contributed by atoms with van der Waals surface area (Å²) in [7, 11) is 1.39. The number of anilines is 1. The first-order valence-corrected chi connectivity index (χ1v) is 8.54. The van der Waals surface area contributed by atoms with Crippen LogP contribution in [0.15, 0.2) is 47.1 Å². The molecule has 0 spiro atoms. The Balaban J connectivity index is 1.50. The van der Waals surface area contributed by atoms with E-state index in [1.165, 1.54) is 7.11 Å². The van der Waals surface area contributed by atoms with Crippen molar-refractivity contribution in [2.45, 2.75) is 0 Å². The van der Waals surface area contributed by atoms with E-state index in [4.69, 9.17) is 9.15 Å². The lowest BCUT2D eigenvalue weighted by Crippen LogP contribution is -2.49. The van der Waals surface area contributed by atoms with Crippen LogP contribution in [-0.4, -0.2) is 64.4 Å². The summed E-state index contributed by atoms with van der Waals surface area (Å²) in [5.74, 6) is 1.46. The molecule has 0 unspecified atom stereocenters. The molecule has 1 aliphatic rings. The van der Waals surface area contributed by atoms with E-state index < -0.39 is 0 Å². The van der Waals surface area contributed by atoms with Crippen LogP contribution in [0.5, 0.6) is 0 Å². The van der Waals surface area contributed by atoms with Crippen LogP contribution in [0.2, 0.25) is 0 Å². The molecule has 138 valence electrons. The Labute approximate surface area is 155 Å². The van der Waals surface area contributed by atoms with E-state index in [1.54, 1.807) is 17.3 Å². The van der Waals surface area contributed by atoms with Crippen molar-refractivity contribution in [1.29, 1.82) is 0 Å². The number of aromatic nitrogens is 4. The van der Waals surface area contributed by atoms with Crippen molar-refractivity contribution in [3.63, 3.8) is 0 Å². The second-order valence-corrected chi connectivity index (χ2v) is 5.99. The van der Waals surface area contributed by atoms with E-state index in [0.29, 0.717) is 49.5 Å². The number of hydrogen-bond donors (Lipinski definition) is 0. The summed E-state index contributed by atoms with van der Waals surface area (Å²) < 4.78 is 10.5. The summed E-state index contributed by atoms with van der Waals surface area (Å²) in [4.78, 5) is 24.2. The minimum absolute atomic E-state index is 0.311. The van der Waals surface area contributed by atoms with Crippen molar-refractivity contribution >= 4 is 11.9 Å². The van der Waals surface area contributed by atoms with Crippen LogP contribution in [0, 0.1) is 0 Å². The molecule has 0 radical (unpaired) electrons. The Bertz CT molecular complexity index is 922. The van der Waals surface area contributed by atoms with Gasteiger partial charge in [0.2, 0.25) is 5.89 Å². The van der Waals surface area contributed by atoms with Gasteiger partial charge in [0.15, 0.2) is 0 Å². The molecule has 1 saturated heterocycles. The van der Waals surface area contributed by atoms with Crippen LogP contribution >= 0.6 is 0 Å². The van der Waals surface area contributed by atoms with E-state index in [9.17, 15) is 4.79 Å². The predicted octanol–water partition coefficient (Wildman–Crippen LogP) is 2.08. The molecule has 1 aliphatic heterocycles. The van der Waals surface area contributed by atoms with Gasteiger partial charge in [-0.15, -0.1) is 10.2 Å². The number of rotatable bonds is 3. The second kappa shape index (κ2) is 7.40. The number of hydrogen-bond acceptors (Lipinski definition) is 8. The van der Waals surface area contributed by atoms with Crippen LogP contribution in [0.25, 0.3) is 23.0 Å². The fourth-order valence-electron chi connectivity index (χ4n) is 2.88. The first-order chi connectivity index (χ1) is 13.2. The van der Waals surface area contributed by atoms with E-state index in [0.717, 1.165) is 5.56 Å². The molecule has 9 heteroatoms. The molecular weight excluding hydrogens is 348 g/mol. The Kier molecular flexibility index (Phi) is 4.65. The molecule has 1 amide bonds. The first-order valence-electron chi connectivity index (χ1n) is 8.54. The highest BCUT2D eigenvalue weighted by Crippen LogP contribution is 2.23. The van der Waals surface area contributed by atoms with Gasteiger partial charge in [0, 0.05) is 31.7 Å². The molecule has 3 aromatic rings. The van der Waals surface area contributed by atoms with Gasteiger partial charge in [-0.3, -0.25) is 4.98 Å². The zero-order valence-electron chi connectivity index (χ0n) is 14.8. The third-order valence-corrected chi connectivity index (χ3v) is 4.32. The smallest absolute Gasteiger partial charge is 0.409 e. The van der Waals surface area contributed by atoms with Gasteiger partial charge >= 0.3 is 6.09 Å². The average Bonchev–Trinajstić information content (AvgIpc) is 3.24. The SMILES string of the molecule is COC(=O)N1CCN(c2cncc(-c3nnc(-c4ccccc4)o3)n2)CC1. The third kappa shape index (κ3) is 3.57. The van der Waals surface area contributed by atoms with Gasteiger partial charge in [0.25, 0.3) is 5.89 Å². The van der Waals surface area contributed by atoms with E-state index in [-0.39, 0.29) is 6.09 Å². The van der Waals surface area contributed by atoms with Crippen molar-refractivity contribution in [2.24, 2.45) is 0 Å². The normalized spacial score (nSPS) is 14.3. The Hall–Kier alpha value is -3.49. The maximum atomic E-state index is 11.6. The van der Waals surface area contributed by atoms with Crippen molar-refractivity contribution < 1.29 is 13.9 Å². The summed E-state index contributed by atoms with van der Waals surface area (Å²) in [6.07, 6.45) is 2.97. The number of piperazine rings is 1. The number of ether oxygens (including phenoxy) is 1. The van der Waals surface area contributed by atoms with Crippen molar-refractivity contribution in [2.75, 3.05) is 38.2 Å². The van der Waals surface area contributed by atoms with Crippen LogP contribution in [0.4, 0.5) is 10.6 Å². The molecule has 4 rings (SSSR count). The maximum absolute atomic E-state index is 11.6. The largest absolute Gasteiger partial charge is 0.453 e. The van der Waals surface area contributed by atoms with Crippen molar-refractivity contribution in [1.82, 2.24) is 25.1 Å². The molecule has 0 atom stereocenters. The minimum atomic E-state index is -0.311. The lowest BCUT2D eigenvalue weighted by Gasteiger charge is -2.34. The standard InChI is InChI=1S/C18H18N6O3/c1-26-18(25)24-9-7-23(8-10-24)15-12-19-11-14(20-15)17-22-21-16(27-17)13-5-3-2-4-6-13/h2-6,11-12H,7-10H2,1H3. The number of benzene rings is 1. The number of carbonyl (C=O) groups is 1. The monoisotopic (exact) mass is 366 g/mol. The van der Waals surface area contributed by atoms with Crippen LogP contribution in [0.1, 0.15) is 0 Å². The molecular formula is C18H18N6O3. The number of nitrogens with zero attached hydrogens (tertiary/aromatic N) is 6. The molecule has 27 heavy (non-hydrogen) atoms. The zero-order chi connectivity index (χ0) is 18.6. The Morgan fingerprint density at radius 2 is 1.78 bits per heavy atom. The average molecular weight is 366 g/mol. The number of methoxy groups -OCH3 is 1. The number of carbonyl (C=O) groups excluding carboxylic acids is 1. The van der Waals surface area contributed by atoms with Gasteiger partial charge in [-0.05, 0) is 12.1 Å². The highest BCUT2D eigenvalue weighted by molar-refractivity contribution is 5.68. The number of amides is 1. The van der Waals surface area contributed by atoms with Crippen molar-refractivity contribution in [3.8, 4) is 23.0 Å². The molecule has 3 heterocycles. The van der Waals surface area contributed by atoms with Crippen molar-refractivity contribution in [3.05, 3.63) is 42.7 Å². The molecule has 1 fully saturated rings. The fraction of sp³-hybridized carbons (Fsp3) is 0.278. The van der Waals surface area contributed by atoms with Gasteiger partial charge in [-0.2, -0.15) is 0 Å². The Morgan fingerprint density at radius 1 is 1.04 bits per heavy atom. The fourth-order valence-corrected chi connectivity index (χ4v) is 2.88. The minimum Gasteiger partial charge on any atom is -0.453 e. The molecule has 0 aliphatic carbocycles. The lowest BCUT2D eigenvalue weighted by atomic mass is 10.2. The second-order valence-electron chi connectivity index (χ2n) is 5.99. The molecule has 0 bridgehead atoms. The van der Waals surface area contributed by atoms with Crippen LogP contribution < -0.4 is 4.90 Å². The van der Waals surface area contributed by atoms with Gasteiger partial charge in [-0.25, -0.2) is 9.78 Å². The molecule has 2 aromatic heterocycles. The maximum Gasteiger partial charge on any atom is 0.409 e. The van der Waals surface area contributed by atoms with Gasteiger partial charge in [-0.1, -0.05) is 18.2 Å². The lowest BCUT2D eigenvalue weighted by molar-refractivity contribution is 0.121. The van der Waals surface area contributed by atoms with Gasteiger partial charge in [0.1, 0.15) is 11.5 Å². The summed E-state index contributed by atoms with van der Waals surface area (Å²) in [5.41, 5.74) is 1.36. The van der Waals surface area contributed by atoms with E-state index >= 15 is 0 Å². The quantitative estimate of drug-likeness (QED) is 0.695. The third-order valence-electron chi connectivity index (χ3n) is 4.32. The first kappa shape index (κ1) is 17.0. The van der Waals surface area contributed by atoms with Crippen LogP contribution in [-0.2, 0) is 4.74 Å². The molecule has 9 nitrogen and oxygen atoms in total. The summed E-state index contributed by atoms with van der Waals surface area (Å²) in [6.45, 7) is 2.42. The summed E-state index contributed by atoms with van der Waals surface area (Å²) in [5, 5.41) is 8.18. The topological polar surface area (TPSA) is 97.5 Å². The van der Waals surface area contributed by atoms with E-state index in [2.05, 4.69) is 25.1 Å². The van der Waals surface area contributed by atoms with E-state index in [1.807, 2.05) is 30.3 Å². The Morgan fingerprint density at radius 3 is 2.52 bits per heavy atom. The molecule has 0 N–H and O–H groups in total.